The maximum absolute atomic E-state index is 13.3. The molecule has 4 rings (SSSR count). The van der Waals surface area contributed by atoms with Gasteiger partial charge >= 0.3 is 0 Å². The van der Waals surface area contributed by atoms with E-state index in [1.54, 1.807) is 24.3 Å². The molecule has 2 unspecified atom stereocenters. The van der Waals surface area contributed by atoms with E-state index in [-0.39, 0.29) is 11.1 Å². The van der Waals surface area contributed by atoms with Crippen molar-refractivity contribution in [3.8, 4) is 0 Å². The Morgan fingerprint density at radius 3 is 2.38 bits per heavy atom. The van der Waals surface area contributed by atoms with Gasteiger partial charge in [-0.05, 0) is 41.5 Å². The first-order valence-electron chi connectivity index (χ1n) is 9.94. The largest absolute Gasteiger partial charge is 0.302 e. The quantitative estimate of drug-likeness (QED) is 0.297. The van der Waals surface area contributed by atoms with Gasteiger partial charge < -0.3 is 5.43 Å². The average Bonchev–Trinajstić information content (AvgIpc) is 3.28. The molecule has 3 aromatic rings. The SMILES string of the molecule is O=[N+]([O-])c1ccccc1S(=O)(=O)NC(C1=NNC(c2ccc(Cl)cc2)C1)c1ccc(Cl)cc1Cl. The molecule has 0 fully saturated rings. The summed E-state index contributed by atoms with van der Waals surface area (Å²) in [6.45, 7) is 0. The molecule has 0 amide bonds. The molecule has 2 N–H and O–H groups in total. The van der Waals surface area contributed by atoms with Gasteiger partial charge in [-0.25, -0.2) is 8.42 Å². The van der Waals surface area contributed by atoms with E-state index in [2.05, 4.69) is 15.2 Å². The highest BCUT2D eigenvalue weighted by molar-refractivity contribution is 7.89. The van der Waals surface area contributed by atoms with Gasteiger partial charge in [0.05, 0.1) is 22.7 Å². The fourth-order valence-corrected chi connectivity index (χ4v) is 5.65. The third-order valence-corrected chi connectivity index (χ3v) is 7.57. The molecule has 0 aromatic heterocycles. The molecule has 8 nitrogen and oxygen atoms in total. The average molecular weight is 540 g/mol. The molecular weight excluding hydrogens is 523 g/mol. The van der Waals surface area contributed by atoms with E-state index < -0.39 is 31.6 Å². The monoisotopic (exact) mass is 538 g/mol. The zero-order valence-corrected chi connectivity index (χ0v) is 20.4. The Bertz CT molecular complexity index is 1380. The number of hydrazone groups is 1. The van der Waals surface area contributed by atoms with Crippen molar-refractivity contribution < 1.29 is 13.3 Å². The Balaban J connectivity index is 1.71. The lowest BCUT2D eigenvalue weighted by molar-refractivity contribution is -0.387. The first-order valence-corrected chi connectivity index (χ1v) is 12.6. The summed E-state index contributed by atoms with van der Waals surface area (Å²) in [5, 5.41) is 17.0. The molecule has 3 aromatic carbocycles. The summed E-state index contributed by atoms with van der Waals surface area (Å²) >= 11 is 18.4. The number of hydrogen-bond donors (Lipinski definition) is 2. The van der Waals surface area contributed by atoms with Crippen molar-refractivity contribution in [2.45, 2.75) is 23.4 Å². The Morgan fingerprint density at radius 1 is 1.03 bits per heavy atom. The second kappa shape index (κ2) is 9.89. The highest BCUT2D eigenvalue weighted by Gasteiger charge is 2.34. The van der Waals surface area contributed by atoms with E-state index in [1.807, 2.05) is 12.1 Å². The predicted octanol–water partition coefficient (Wildman–Crippen LogP) is 5.67. The van der Waals surface area contributed by atoms with Gasteiger partial charge in [-0.1, -0.05) is 65.1 Å². The fraction of sp³-hybridized carbons (Fsp3) is 0.136. The second-order valence-corrected chi connectivity index (χ2v) is 10.4. The molecule has 2 atom stereocenters. The van der Waals surface area contributed by atoms with Crippen LogP contribution >= 0.6 is 34.8 Å². The van der Waals surface area contributed by atoms with Crippen molar-refractivity contribution in [2.75, 3.05) is 0 Å². The van der Waals surface area contributed by atoms with Crippen LogP contribution in [0.3, 0.4) is 0 Å². The highest BCUT2D eigenvalue weighted by atomic mass is 35.5. The van der Waals surface area contributed by atoms with Gasteiger partial charge in [0.2, 0.25) is 10.0 Å². The summed E-state index contributed by atoms with van der Waals surface area (Å²) in [6, 6.07) is 15.7. The third kappa shape index (κ3) is 5.18. The van der Waals surface area contributed by atoms with Gasteiger partial charge in [0.25, 0.3) is 5.69 Å². The Kier molecular flexibility index (Phi) is 7.11. The van der Waals surface area contributed by atoms with E-state index in [0.29, 0.717) is 27.7 Å². The zero-order chi connectivity index (χ0) is 24.5. The summed E-state index contributed by atoms with van der Waals surface area (Å²) in [7, 11) is -4.34. The number of nitrogens with zero attached hydrogens (tertiary/aromatic N) is 2. The number of para-hydroxylation sites is 1. The number of hydrogen-bond acceptors (Lipinski definition) is 6. The van der Waals surface area contributed by atoms with Gasteiger partial charge in [-0.3, -0.25) is 10.1 Å². The second-order valence-electron chi connectivity index (χ2n) is 7.49. The molecule has 0 saturated heterocycles. The fourth-order valence-electron chi connectivity index (χ4n) is 3.63. The predicted molar refractivity (Wildman–Crippen MR) is 132 cm³/mol. The highest BCUT2D eigenvalue weighted by Crippen LogP contribution is 2.34. The van der Waals surface area contributed by atoms with Gasteiger partial charge in [-0.15, -0.1) is 0 Å². The number of nitro benzene ring substituents is 1. The summed E-state index contributed by atoms with van der Waals surface area (Å²) in [4.78, 5) is 10.2. The summed E-state index contributed by atoms with van der Waals surface area (Å²) in [6.07, 6.45) is 0.352. The van der Waals surface area contributed by atoms with Gasteiger partial charge in [0.1, 0.15) is 0 Å². The van der Waals surface area contributed by atoms with E-state index in [1.165, 1.54) is 24.3 Å². The molecule has 1 aliphatic rings. The molecule has 12 heteroatoms. The van der Waals surface area contributed by atoms with E-state index in [9.17, 15) is 18.5 Å². The van der Waals surface area contributed by atoms with Gasteiger partial charge in [0, 0.05) is 27.6 Å². The van der Waals surface area contributed by atoms with E-state index in [4.69, 9.17) is 34.8 Å². The Hall–Kier alpha value is -2.69. The minimum Gasteiger partial charge on any atom is -0.302 e. The smallest absolute Gasteiger partial charge is 0.289 e. The molecule has 0 spiro atoms. The number of benzene rings is 3. The number of sulfonamides is 1. The Morgan fingerprint density at radius 2 is 1.71 bits per heavy atom. The third-order valence-electron chi connectivity index (χ3n) is 5.28. The van der Waals surface area contributed by atoms with Crippen LogP contribution in [0.1, 0.15) is 29.6 Å². The number of nitro groups is 1. The minimum absolute atomic E-state index is 0.223. The molecule has 0 radical (unpaired) electrons. The zero-order valence-electron chi connectivity index (χ0n) is 17.3. The minimum atomic E-state index is -4.34. The van der Waals surface area contributed by atoms with Crippen LogP contribution in [0.2, 0.25) is 15.1 Å². The molecule has 1 heterocycles. The Labute approximate surface area is 210 Å². The maximum atomic E-state index is 13.3. The maximum Gasteiger partial charge on any atom is 0.289 e. The van der Waals surface area contributed by atoms with Crippen molar-refractivity contribution in [3.05, 3.63) is 103 Å². The molecule has 0 aliphatic carbocycles. The van der Waals surface area contributed by atoms with Crippen molar-refractivity contribution in [1.29, 1.82) is 0 Å². The normalized spacial score (nSPS) is 16.6. The van der Waals surface area contributed by atoms with Crippen molar-refractivity contribution >= 4 is 56.2 Å². The van der Waals surface area contributed by atoms with Crippen LogP contribution in [-0.4, -0.2) is 19.1 Å². The van der Waals surface area contributed by atoms with Crippen LogP contribution in [0.5, 0.6) is 0 Å². The lowest BCUT2D eigenvalue weighted by atomic mass is 9.96. The topological polar surface area (TPSA) is 114 Å². The van der Waals surface area contributed by atoms with Crippen molar-refractivity contribution in [3.63, 3.8) is 0 Å². The van der Waals surface area contributed by atoms with Crippen LogP contribution in [0, 0.1) is 10.1 Å². The standard InChI is InChI=1S/C22H17Cl3N4O4S/c23-14-7-5-13(6-8-14)18-12-19(27-26-18)22(16-10-9-15(24)11-17(16)25)28-34(32,33)21-4-2-1-3-20(21)29(30)31/h1-11,18,22,26,28H,12H2. The lowest BCUT2D eigenvalue weighted by Crippen LogP contribution is -2.34. The van der Waals surface area contributed by atoms with E-state index >= 15 is 0 Å². The number of halogens is 3. The molecular formula is C22H17Cl3N4O4S. The molecule has 1 aliphatic heterocycles. The summed E-state index contributed by atoms with van der Waals surface area (Å²) in [5.74, 6) is 0. The molecule has 176 valence electrons. The van der Waals surface area contributed by atoms with Crippen LogP contribution in [0.15, 0.2) is 76.7 Å². The summed E-state index contributed by atoms with van der Waals surface area (Å²) in [5.41, 5.74) is 4.24. The van der Waals surface area contributed by atoms with Crippen LogP contribution in [0.4, 0.5) is 5.69 Å². The van der Waals surface area contributed by atoms with Gasteiger partial charge in [-0.2, -0.15) is 9.82 Å². The van der Waals surface area contributed by atoms with E-state index in [0.717, 1.165) is 11.6 Å². The number of nitrogens with one attached hydrogen (secondary N) is 2. The summed E-state index contributed by atoms with van der Waals surface area (Å²) < 4.78 is 29.1. The van der Waals surface area contributed by atoms with Crippen LogP contribution in [0.25, 0.3) is 0 Å². The van der Waals surface area contributed by atoms with Gasteiger partial charge in [0.15, 0.2) is 4.90 Å². The first-order chi connectivity index (χ1) is 16.2. The van der Waals surface area contributed by atoms with Crippen LogP contribution in [-0.2, 0) is 10.0 Å². The molecule has 34 heavy (non-hydrogen) atoms. The van der Waals surface area contributed by atoms with Crippen molar-refractivity contribution in [1.82, 2.24) is 10.1 Å². The van der Waals surface area contributed by atoms with Crippen LogP contribution < -0.4 is 10.1 Å². The van der Waals surface area contributed by atoms with Crippen molar-refractivity contribution in [2.24, 2.45) is 5.10 Å². The number of rotatable bonds is 7. The molecule has 0 saturated carbocycles. The first kappa shape index (κ1) is 24.4. The lowest BCUT2D eigenvalue weighted by Gasteiger charge is -2.21. The molecule has 0 bridgehead atoms.